The first-order valence-electron chi connectivity index (χ1n) is 11.8. The maximum Gasteiger partial charge on any atom is 0.224 e. The molecule has 3 aromatic rings. The summed E-state index contributed by atoms with van der Waals surface area (Å²) in [7, 11) is 4.11. The number of likely N-dealkylation sites (tertiary alicyclic amines) is 1. The average molecular weight is 450 g/mol. The van der Waals surface area contributed by atoms with Crippen LogP contribution in [0.4, 0.5) is 0 Å². The summed E-state index contributed by atoms with van der Waals surface area (Å²) in [6.45, 7) is 4.76. The normalized spacial score (nSPS) is 19.1. The highest BCUT2D eigenvalue weighted by molar-refractivity contribution is 5.83. The van der Waals surface area contributed by atoms with Crippen molar-refractivity contribution in [2.24, 2.45) is 11.8 Å². The van der Waals surface area contributed by atoms with E-state index in [1.165, 1.54) is 10.9 Å². The molecule has 1 aliphatic heterocycles. The first-order chi connectivity index (χ1) is 16.1. The number of pyridine rings is 1. The molecule has 0 unspecified atom stereocenters. The smallest absolute Gasteiger partial charge is 0.224 e. The molecule has 2 aromatic heterocycles. The lowest BCUT2D eigenvalue weighted by molar-refractivity contribution is -0.127. The first kappa shape index (κ1) is 23.3. The largest absolute Gasteiger partial charge is 0.492 e. The minimum absolute atomic E-state index is 0.0363. The first-order valence-corrected chi connectivity index (χ1v) is 11.8. The van der Waals surface area contributed by atoms with Crippen LogP contribution in [-0.2, 0) is 11.3 Å². The number of rotatable bonds is 10. The SMILES string of the molecule is CN(C)CCCNC(=O)[C@@H]1C[C@H](COc2cccnc2)CN(Cc2c[nH]c3ccccc23)C1. The second-order valence-electron chi connectivity index (χ2n) is 9.30. The van der Waals surface area contributed by atoms with Gasteiger partial charge in [-0.15, -0.1) is 0 Å². The molecule has 4 rings (SSSR count). The van der Waals surface area contributed by atoms with Gasteiger partial charge in [-0.05, 0) is 57.2 Å². The van der Waals surface area contributed by atoms with Crippen molar-refractivity contribution in [1.29, 1.82) is 0 Å². The number of hydrogen-bond donors (Lipinski definition) is 2. The van der Waals surface area contributed by atoms with Crippen LogP contribution in [0.2, 0.25) is 0 Å². The Morgan fingerprint density at radius 3 is 2.94 bits per heavy atom. The number of hydrogen-bond acceptors (Lipinski definition) is 5. The summed E-state index contributed by atoms with van der Waals surface area (Å²) in [5, 5.41) is 4.41. The minimum atomic E-state index is -0.0363. The van der Waals surface area contributed by atoms with Crippen molar-refractivity contribution in [1.82, 2.24) is 25.1 Å². The second kappa shape index (κ2) is 11.3. The molecule has 176 valence electrons. The van der Waals surface area contributed by atoms with E-state index in [1.807, 2.05) is 18.2 Å². The standard InChI is InChI=1S/C26H35N5O2/c1-30(2)12-6-11-28-26(32)21-13-20(19-33-23-7-5-10-27-15-23)16-31(17-21)18-22-14-29-25-9-4-3-8-24(22)25/h3-5,7-10,14-15,20-21,29H,6,11-13,16-19H2,1-2H3,(H,28,32)/t20-,21+/m0/s1. The fourth-order valence-electron chi connectivity index (χ4n) is 4.64. The Kier molecular flexibility index (Phi) is 7.96. The Morgan fingerprint density at radius 1 is 1.24 bits per heavy atom. The molecule has 2 atom stereocenters. The topological polar surface area (TPSA) is 73.5 Å². The molecule has 1 aromatic carbocycles. The van der Waals surface area contributed by atoms with Gasteiger partial charge in [0.05, 0.1) is 18.7 Å². The molecule has 1 amide bonds. The van der Waals surface area contributed by atoms with Gasteiger partial charge in [0.2, 0.25) is 5.91 Å². The Balaban J connectivity index is 1.41. The maximum absolute atomic E-state index is 13.0. The van der Waals surface area contributed by atoms with Gasteiger partial charge < -0.3 is 19.9 Å². The number of carbonyl (C=O) groups is 1. The van der Waals surface area contributed by atoms with Gasteiger partial charge in [-0.25, -0.2) is 0 Å². The summed E-state index contributed by atoms with van der Waals surface area (Å²) < 4.78 is 6.02. The van der Waals surface area contributed by atoms with E-state index in [-0.39, 0.29) is 17.7 Å². The van der Waals surface area contributed by atoms with Crippen molar-refractivity contribution in [3.8, 4) is 5.75 Å². The van der Waals surface area contributed by atoms with Crippen LogP contribution in [0.3, 0.4) is 0 Å². The average Bonchev–Trinajstić information content (AvgIpc) is 3.23. The highest BCUT2D eigenvalue weighted by Crippen LogP contribution is 2.27. The molecular formula is C26H35N5O2. The van der Waals surface area contributed by atoms with Gasteiger partial charge in [-0.3, -0.25) is 14.7 Å². The predicted molar refractivity (Wildman–Crippen MR) is 131 cm³/mol. The van der Waals surface area contributed by atoms with Crippen LogP contribution >= 0.6 is 0 Å². The van der Waals surface area contributed by atoms with Crippen molar-refractivity contribution in [2.75, 3.05) is 46.9 Å². The van der Waals surface area contributed by atoms with Gasteiger partial charge in [0, 0.05) is 55.4 Å². The summed E-state index contributed by atoms with van der Waals surface area (Å²) in [5.74, 6) is 1.17. The number of aromatic amines is 1. The number of piperidine rings is 1. The van der Waals surface area contributed by atoms with Gasteiger partial charge in [0.25, 0.3) is 0 Å². The van der Waals surface area contributed by atoms with E-state index in [0.717, 1.165) is 50.3 Å². The molecule has 7 heteroatoms. The zero-order valence-corrected chi connectivity index (χ0v) is 19.7. The minimum Gasteiger partial charge on any atom is -0.492 e. The van der Waals surface area contributed by atoms with E-state index in [2.05, 4.69) is 63.6 Å². The zero-order valence-electron chi connectivity index (χ0n) is 19.7. The second-order valence-corrected chi connectivity index (χ2v) is 9.30. The zero-order chi connectivity index (χ0) is 23.0. The van der Waals surface area contributed by atoms with Crippen molar-refractivity contribution < 1.29 is 9.53 Å². The molecule has 33 heavy (non-hydrogen) atoms. The van der Waals surface area contributed by atoms with Crippen LogP contribution < -0.4 is 10.1 Å². The van der Waals surface area contributed by atoms with Crippen molar-refractivity contribution >= 4 is 16.8 Å². The summed E-state index contributed by atoms with van der Waals surface area (Å²) in [5.41, 5.74) is 2.42. The van der Waals surface area contributed by atoms with E-state index in [0.29, 0.717) is 13.2 Å². The lowest BCUT2D eigenvalue weighted by atomic mass is 9.88. The van der Waals surface area contributed by atoms with Crippen molar-refractivity contribution in [2.45, 2.75) is 19.4 Å². The molecule has 0 bridgehead atoms. The van der Waals surface area contributed by atoms with Crippen LogP contribution in [0.5, 0.6) is 5.75 Å². The molecule has 2 N–H and O–H groups in total. The molecule has 0 radical (unpaired) electrons. The molecule has 1 fully saturated rings. The van der Waals surface area contributed by atoms with E-state index in [1.54, 1.807) is 12.4 Å². The third kappa shape index (κ3) is 6.55. The van der Waals surface area contributed by atoms with Gasteiger partial charge in [-0.2, -0.15) is 0 Å². The highest BCUT2D eigenvalue weighted by atomic mass is 16.5. The quantitative estimate of drug-likeness (QED) is 0.465. The van der Waals surface area contributed by atoms with Crippen LogP contribution in [0, 0.1) is 11.8 Å². The van der Waals surface area contributed by atoms with Gasteiger partial charge in [-0.1, -0.05) is 18.2 Å². The number of para-hydroxylation sites is 1. The van der Waals surface area contributed by atoms with Crippen LogP contribution in [0.1, 0.15) is 18.4 Å². The number of nitrogens with zero attached hydrogens (tertiary/aromatic N) is 3. The van der Waals surface area contributed by atoms with Crippen molar-refractivity contribution in [3.05, 3.63) is 60.6 Å². The number of benzene rings is 1. The Labute approximate surface area is 196 Å². The number of H-pyrrole nitrogens is 1. The Bertz CT molecular complexity index is 1020. The lowest BCUT2D eigenvalue weighted by Crippen LogP contribution is -2.47. The number of fused-ring (bicyclic) bond motifs is 1. The third-order valence-electron chi connectivity index (χ3n) is 6.25. The molecule has 0 aliphatic carbocycles. The summed E-state index contributed by atoms with van der Waals surface area (Å²) in [4.78, 5) is 25.1. The molecular weight excluding hydrogens is 414 g/mol. The van der Waals surface area contributed by atoms with Gasteiger partial charge >= 0.3 is 0 Å². The highest BCUT2D eigenvalue weighted by Gasteiger charge is 2.32. The van der Waals surface area contributed by atoms with Crippen LogP contribution in [-0.4, -0.2) is 72.6 Å². The van der Waals surface area contributed by atoms with Gasteiger partial charge in [0.1, 0.15) is 5.75 Å². The van der Waals surface area contributed by atoms with Crippen LogP contribution in [0.25, 0.3) is 10.9 Å². The van der Waals surface area contributed by atoms with E-state index < -0.39 is 0 Å². The molecule has 0 spiro atoms. The monoisotopic (exact) mass is 449 g/mol. The van der Waals surface area contributed by atoms with Gasteiger partial charge in [0.15, 0.2) is 0 Å². The molecule has 1 saturated heterocycles. The van der Waals surface area contributed by atoms with E-state index >= 15 is 0 Å². The fourth-order valence-corrected chi connectivity index (χ4v) is 4.64. The number of aromatic nitrogens is 2. The number of nitrogens with one attached hydrogen (secondary N) is 2. The molecule has 3 heterocycles. The third-order valence-corrected chi connectivity index (χ3v) is 6.25. The molecule has 1 aliphatic rings. The number of amides is 1. The predicted octanol–water partition coefficient (Wildman–Crippen LogP) is 3.15. The fraction of sp³-hybridized carbons (Fsp3) is 0.462. The van der Waals surface area contributed by atoms with E-state index in [4.69, 9.17) is 4.74 Å². The lowest BCUT2D eigenvalue weighted by Gasteiger charge is -2.37. The van der Waals surface area contributed by atoms with E-state index in [9.17, 15) is 4.79 Å². The molecule has 7 nitrogen and oxygen atoms in total. The number of carbonyl (C=O) groups excluding carboxylic acids is 1. The number of ether oxygens (including phenoxy) is 1. The Hall–Kier alpha value is -2.90. The summed E-state index contributed by atoms with van der Waals surface area (Å²) >= 11 is 0. The maximum atomic E-state index is 13.0. The summed E-state index contributed by atoms with van der Waals surface area (Å²) in [6.07, 6.45) is 7.37. The Morgan fingerprint density at radius 2 is 2.12 bits per heavy atom. The van der Waals surface area contributed by atoms with Crippen LogP contribution in [0.15, 0.2) is 55.0 Å². The molecule has 0 saturated carbocycles. The van der Waals surface area contributed by atoms with Crippen molar-refractivity contribution in [3.63, 3.8) is 0 Å². The summed E-state index contributed by atoms with van der Waals surface area (Å²) in [6, 6.07) is 12.2.